The summed E-state index contributed by atoms with van der Waals surface area (Å²) in [4.78, 5) is 50.2. The van der Waals surface area contributed by atoms with Crippen LogP contribution in [-0.2, 0) is 66.5 Å². The highest BCUT2D eigenvalue weighted by molar-refractivity contribution is 6.53. The molecule has 36 heteroatoms. The minimum Gasteiger partial charge on any atom is -0.477 e. The zero-order valence-electron chi connectivity index (χ0n) is 51.8. The second kappa shape index (κ2) is 39.1. The number of aliphatic hydroxyl groups is 16. The number of hydrogen-bond acceptors (Lipinski definition) is 30. The van der Waals surface area contributed by atoms with Gasteiger partial charge in [0.25, 0.3) is 11.7 Å². The predicted octanol–water partition coefficient (Wildman–Crippen LogP) is -6.50. The van der Waals surface area contributed by atoms with Gasteiger partial charge in [-0.2, -0.15) is 0 Å². The molecule has 5 saturated heterocycles. The number of halogens is 2. The number of hydrogen-bond donors (Lipinski definition) is 20. The van der Waals surface area contributed by atoms with Gasteiger partial charge in [-0.1, -0.05) is 106 Å². The summed E-state index contributed by atoms with van der Waals surface area (Å²) < 4.78 is 59.2. The van der Waals surface area contributed by atoms with Crippen molar-refractivity contribution in [2.45, 2.75) is 280 Å². The fraction of sp³-hybridized carbons (Fsp3) is 0.895. The molecular weight excluding hydrogens is 1290 g/mol. The number of allylic oxidation sites excluding steroid dienone is 1. The van der Waals surface area contributed by atoms with Gasteiger partial charge in [0, 0.05) is 20.3 Å². The van der Waals surface area contributed by atoms with Crippen molar-refractivity contribution >= 4 is 46.9 Å². The van der Waals surface area contributed by atoms with E-state index in [9.17, 15) is 106 Å². The molecule has 20 N–H and O–H groups in total. The van der Waals surface area contributed by atoms with Crippen LogP contribution in [0.15, 0.2) is 12.2 Å². The Morgan fingerprint density at radius 3 is 1.63 bits per heavy atom. The van der Waals surface area contributed by atoms with Gasteiger partial charge >= 0.3 is 5.97 Å². The van der Waals surface area contributed by atoms with Crippen LogP contribution < -0.4 is 16.0 Å². The third-order valence-electron chi connectivity index (χ3n) is 16.8. The van der Waals surface area contributed by atoms with Crippen LogP contribution in [0.5, 0.6) is 0 Å². The molecule has 93 heavy (non-hydrogen) atoms. The van der Waals surface area contributed by atoms with Crippen molar-refractivity contribution in [3.05, 3.63) is 12.2 Å². The van der Waals surface area contributed by atoms with Crippen LogP contribution in [0, 0.1) is 0 Å². The van der Waals surface area contributed by atoms with Crippen LogP contribution in [0.2, 0.25) is 0 Å². The van der Waals surface area contributed by atoms with Gasteiger partial charge in [0.15, 0.2) is 30.0 Å². The summed E-state index contributed by atoms with van der Waals surface area (Å²) >= 11 is 11.6. The van der Waals surface area contributed by atoms with E-state index < -0.39 is 246 Å². The molecule has 0 aromatic carbocycles. The van der Waals surface area contributed by atoms with Crippen molar-refractivity contribution < 1.29 is 153 Å². The number of amides is 3. The molecule has 0 saturated carbocycles. The average molecular weight is 1390 g/mol. The van der Waals surface area contributed by atoms with Crippen molar-refractivity contribution in [1.29, 1.82) is 0 Å². The second-order valence-electron chi connectivity index (χ2n) is 23.8. The van der Waals surface area contributed by atoms with E-state index in [1.165, 1.54) is 44.6 Å². The van der Waals surface area contributed by atoms with Crippen LogP contribution in [-0.4, -0.2) is 326 Å². The largest absolute Gasteiger partial charge is 0.477 e. The Balaban J connectivity index is 1.46. The Kier molecular flexibility index (Phi) is 34.0. The fourth-order valence-corrected chi connectivity index (χ4v) is 11.7. The highest BCUT2D eigenvalue weighted by atomic mass is 35.5. The van der Waals surface area contributed by atoms with Gasteiger partial charge in [0.1, 0.15) is 116 Å². The molecule has 540 valence electrons. The summed E-state index contributed by atoms with van der Waals surface area (Å²) in [7, 11) is 0. The number of carboxylic acids is 1. The number of carbonyl (C=O) groups excluding carboxylic acids is 3. The first-order chi connectivity index (χ1) is 44.1. The van der Waals surface area contributed by atoms with E-state index in [0.29, 0.717) is 6.42 Å². The van der Waals surface area contributed by atoms with E-state index in [0.717, 1.165) is 46.0 Å². The number of ether oxygens (including phenoxy) is 10. The fourth-order valence-electron chi connectivity index (χ4n) is 11.6. The van der Waals surface area contributed by atoms with E-state index in [-0.39, 0.29) is 0 Å². The van der Waals surface area contributed by atoms with E-state index >= 15 is 0 Å². The first-order valence-electron chi connectivity index (χ1n) is 31.2. The Morgan fingerprint density at radius 1 is 0.581 bits per heavy atom. The Hall–Kier alpha value is -2.84. The number of rotatable bonds is 37. The molecular formula is C57H97Cl2N3O31. The Morgan fingerprint density at radius 2 is 1.08 bits per heavy atom. The predicted molar refractivity (Wildman–Crippen MR) is 314 cm³/mol. The maximum Gasteiger partial charge on any atom is 0.364 e. The lowest BCUT2D eigenvalue weighted by Crippen LogP contribution is -2.72. The first kappa shape index (κ1) is 80.8. The molecule has 0 aromatic rings. The summed E-state index contributed by atoms with van der Waals surface area (Å²) in [6.45, 7) is -2.18. The van der Waals surface area contributed by atoms with Gasteiger partial charge < -0.3 is 150 Å². The molecule has 0 bridgehead atoms. The van der Waals surface area contributed by atoms with Gasteiger partial charge in [-0.05, 0) is 12.8 Å². The molecule has 0 spiro atoms. The number of aliphatic hydroxyl groups excluding tert-OH is 16. The lowest BCUT2D eigenvalue weighted by molar-refractivity contribution is -0.403. The molecule has 5 aliphatic heterocycles. The monoisotopic (exact) mass is 1390 g/mol. The summed E-state index contributed by atoms with van der Waals surface area (Å²) in [5.74, 6) is -8.32. The quantitative estimate of drug-likeness (QED) is 0.0156. The van der Waals surface area contributed by atoms with Crippen LogP contribution in [0.1, 0.15) is 104 Å². The van der Waals surface area contributed by atoms with Gasteiger partial charge in [-0.15, -0.1) is 0 Å². The Bertz CT molecular complexity index is 2280. The molecule has 3 amide bonds. The van der Waals surface area contributed by atoms with E-state index in [2.05, 4.69) is 22.9 Å². The molecule has 34 nitrogen and oxygen atoms in total. The number of unbranched alkanes of at least 4 members (excludes halogenated alkanes) is 11. The van der Waals surface area contributed by atoms with Gasteiger partial charge in [-0.25, -0.2) is 4.79 Å². The zero-order chi connectivity index (χ0) is 69.0. The minimum absolute atomic E-state index is 0.578. The molecule has 28 atom stereocenters. The second-order valence-corrected chi connectivity index (χ2v) is 24.9. The summed E-state index contributed by atoms with van der Waals surface area (Å²) in [6, 6.07) is -5.01. The topological polar surface area (TPSA) is 541 Å². The number of carbonyl (C=O) groups is 4. The van der Waals surface area contributed by atoms with E-state index in [4.69, 9.17) is 70.6 Å². The zero-order valence-corrected chi connectivity index (χ0v) is 53.3. The summed E-state index contributed by atoms with van der Waals surface area (Å²) in [6.07, 6.45) is -35.1. The van der Waals surface area contributed by atoms with Crippen molar-refractivity contribution in [2.24, 2.45) is 0 Å². The van der Waals surface area contributed by atoms with E-state index in [1.54, 1.807) is 6.08 Å². The van der Waals surface area contributed by atoms with Crippen molar-refractivity contribution in [3.8, 4) is 0 Å². The number of carboxylic acid groups (broad SMARTS) is 1. The summed E-state index contributed by atoms with van der Waals surface area (Å²) in [5, 5.41) is 194. The van der Waals surface area contributed by atoms with Crippen LogP contribution in [0.25, 0.3) is 0 Å². The molecule has 0 aromatic heterocycles. The third kappa shape index (κ3) is 21.8. The molecule has 5 rings (SSSR count). The van der Waals surface area contributed by atoms with Crippen LogP contribution >= 0.6 is 23.2 Å². The molecule has 0 radical (unpaired) electrons. The van der Waals surface area contributed by atoms with Gasteiger partial charge in [-0.3, -0.25) is 14.4 Å². The smallest absolute Gasteiger partial charge is 0.364 e. The first-order valence-corrected chi connectivity index (χ1v) is 32.1. The Labute approximate surface area is 546 Å². The lowest BCUT2D eigenvalue weighted by atomic mass is 9.88. The standard InChI is InChI=1S/C57H97Cl2N3O31/c1-4-5-6-7-8-9-10-11-12-13-14-15-16-17-28(70)27(62-51(81)50(58)59)24-84-53-43(79)41(77)45(33(22-66)87-53)89-55-44(80)49(93-57(56(82)83)18-29(71)35(60-25(2)68)48(92-57)37(73)30(72)19-63)46(34(23-67)88-55)90-52-36(61-26(3)69)47(39(75)32(21-65)85-52)91-54-42(78)40(76)38(74)31(20-64)86-54/h16-17,27-50,52-55,63-67,70-80H,4-15,18-24H2,1-3H3,(H,60,68)(H,61,69)(H,62,81)(H,82,83)/t27-,28+,29-,30-,31-,32-,33-,34-,35-,36+,37-,38+,39+,40+,41-,42+,43+,44+,45+,46+,47-,48+,49-,52+,53-,54-,55-,57+/m1/s1. The number of alkyl halides is 2. The highest BCUT2D eigenvalue weighted by Gasteiger charge is 2.62. The number of nitrogens with one attached hydrogen (secondary N) is 3. The minimum atomic E-state index is -3.39. The van der Waals surface area contributed by atoms with Gasteiger partial charge in [0.2, 0.25) is 11.8 Å². The van der Waals surface area contributed by atoms with Crippen LogP contribution in [0.4, 0.5) is 0 Å². The SMILES string of the molecule is CCCCCCCCCCCCCC=C[C@H](O)[C@@H](CO[C@@H]1O[C@H](CO)[C@H](O[C@H]2O[C@H](CO)[C@H](O[C@@H]3O[C@H](CO)[C@H](O)[C@H](O[C@H]4O[C@H](CO)[C@H](O)[C@H](O)[C@@H]4O)[C@@H]3NC(C)=O)[C@H](O[C@]3(C(=O)O)C[C@@H](O)[C@@H](NC(C)=O)[C@@H]([C@H](O)[C@H](O)CO)O3)[C@@H]2O)[C@H](O)[C@@H]1O)NC(=O)C(Cl)Cl. The lowest BCUT2D eigenvalue weighted by Gasteiger charge is -2.52. The molecule has 5 fully saturated rings. The van der Waals surface area contributed by atoms with Gasteiger partial charge in [0.05, 0.1) is 63.9 Å². The third-order valence-corrected chi connectivity index (χ3v) is 17.2. The maximum atomic E-state index is 13.7. The van der Waals surface area contributed by atoms with Crippen molar-refractivity contribution in [2.75, 3.05) is 39.6 Å². The van der Waals surface area contributed by atoms with Crippen LogP contribution in [0.3, 0.4) is 0 Å². The molecule has 5 heterocycles. The maximum absolute atomic E-state index is 13.7. The summed E-state index contributed by atoms with van der Waals surface area (Å²) in [5.41, 5.74) is 0. The molecule has 0 unspecified atom stereocenters. The normalized spacial score (nSPS) is 38.1. The number of aliphatic carboxylic acids is 1. The van der Waals surface area contributed by atoms with Crippen molar-refractivity contribution in [3.63, 3.8) is 0 Å². The molecule has 5 aliphatic rings. The highest BCUT2D eigenvalue weighted by Crippen LogP contribution is 2.41. The molecule has 0 aliphatic carbocycles. The van der Waals surface area contributed by atoms with Crippen molar-refractivity contribution in [1.82, 2.24) is 16.0 Å². The van der Waals surface area contributed by atoms with E-state index in [1.807, 2.05) is 0 Å². The average Bonchev–Trinajstić information content (AvgIpc) is 1.40.